The minimum atomic E-state index is -2.61. The van der Waals surface area contributed by atoms with Crippen LogP contribution in [0.4, 0.5) is 0 Å². The highest BCUT2D eigenvalue weighted by molar-refractivity contribution is 6.70. The molecule has 1 fully saturated rings. The fourth-order valence-electron chi connectivity index (χ4n) is 6.57. The van der Waals surface area contributed by atoms with Gasteiger partial charge in [0.1, 0.15) is 5.75 Å². The van der Waals surface area contributed by atoms with Gasteiger partial charge in [0.05, 0.1) is 45.2 Å². The standard InChI is InChI=1S/C36H58O6Si/c1-12-33(42-43(25(2)3,26(4)5)39-24-30-16-14-13-15-17-30)28(7)35-29(8)34(40-36(9,10)41-35)27(6)22-38-23-31-18-20-32(37-11)21-19-31/h13-21,25-29,33-35H,12,22-24H2,1-11H3/t27-,28+,29+,33?,34-,35-/m1/s1. The van der Waals surface area contributed by atoms with Gasteiger partial charge in [0, 0.05) is 17.8 Å². The molecule has 6 atom stereocenters. The SMILES string of the molecule is CCC(O[Si](OCc1ccccc1)(C(C)C)C(C)C)[C@H](C)[C@H]1OC(C)(C)O[C@H]([C@H](C)COCc2ccc(OC)cc2)[C@@H]1C. The van der Waals surface area contributed by atoms with E-state index in [1.165, 1.54) is 5.56 Å². The zero-order valence-electron chi connectivity index (χ0n) is 28.6. The van der Waals surface area contributed by atoms with Gasteiger partial charge in [0.25, 0.3) is 0 Å². The molecule has 0 aliphatic carbocycles. The van der Waals surface area contributed by atoms with Crippen LogP contribution in [-0.2, 0) is 36.3 Å². The van der Waals surface area contributed by atoms with Gasteiger partial charge in [0.2, 0.25) is 0 Å². The van der Waals surface area contributed by atoms with Gasteiger partial charge in [-0.25, -0.2) is 0 Å². The van der Waals surface area contributed by atoms with Crippen LogP contribution in [0.25, 0.3) is 0 Å². The zero-order valence-corrected chi connectivity index (χ0v) is 29.6. The van der Waals surface area contributed by atoms with Crippen LogP contribution in [0.15, 0.2) is 54.6 Å². The molecule has 0 N–H and O–H groups in total. The molecular formula is C36H58O6Si. The molecule has 2 aromatic carbocycles. The van der Waals surface area contributed by atoms with Gasteiger partial charge in [-0.2, -0.15) is 0 Å². The van der Waals surface area contributed by atoms with Crippen LogP contribution in [0, 0.1) is 17.8 Å². The van der Waals surface area contributed by atoms with Gasteiger partial charge in [-0.15, -0.1) is 0 Å². The molecular weight excluding hydrogens is 556 g/mol. The van der Waals surface area contributed by atoms with Crippen LogP contribution in [-0.4, -0.2) is 46.4 Å². The normalized spacial score (nSPS) is 22.9. The predicted molar refractivity (Wildman–Crippen MR) is 176 cm³/mol. The lowest BCUT2D eigenvalue weighted by Crippen LogP contribution is -2.58. The Balaban J connectivity index is 1.73. The lowest BCUT2D eigenvalue weighted by atomic mass is 9.80. The third-order valence-corrected chi connectivity index (χ3v) is 13.5. The second kappa shape index (κ2) is 16.0. The van der Waals surface area contributed by atoms with Gasteiger partial charge >= 0.3 is 8.56 Å². The highest BCUT2D eigenvalue weighted by Gasteiger charge is 2.51. The van der Waals surface area contributed by atoms with Crippen molar-refractivity contribution in [1.82, 2.24) is 0 Å². The fourth-order valence-corrected chi connectivity index (χ4v) is 10.4. The summed E-state index contributed by atoms with van der Waals surface area (Å²) in [5.41, 5.74) is 2.91. The zero-order chi connectivity index (χ0) is 31.8. The molecule has 0 bridgehead atoms. The van der Waals surface area contributed by atoms with Crippen molar-refractivity contribution in [3.05, 3.63) is 65.7 Å². The summed E-state index contributed by atoms with van der Waals surface area (Å²) in [4.78, 5) is 0. The second-order valence-electron chi connectivity index (χ2n) is 13.5. The molecule has 242 valence electrons. The Bertz CT molecular complexity index is 1060. The van der Waals surface area contributed by atoms with Crippen molar-refractivity contribution in [1.29, 1.82) is 0 Å². The molecule has 7 heteroatoms. The maximum absolute atomic E-state index is 7.25. The maximum Gasteiger partial charge on any atom is 0.343 e. The molecule has 0 spiro atoms. The predicted octanol–water partition coefficient (Wildman–Crippen LogP) is 8.91. The lowest BCUT2D eigenvalue weighted by Gasteiger charge is -2.50. The van der Waals surface area contributed by atoms with E-state index in [1.807, 2.05) is 44.2 Å². The summed E-state index contributed by atoms with van der Waals surface area (Å²) >= 11 is 0. The van der Waals surface area contributed by atoms with E-state index >= 15 is 0 Å². The van der Waals surface area contributed by atoms with Crippen molar-refractivity contribution in [2.24, 2.45) is 17.8 Å². The van der Waals surface area contributed by atoms with E-state index in [0.717, 1.165) is 17.7 Å². The molecule has 0 amide bonds. The van der Waals surface area contributed by atoms with Gasteiger partial charge < -0.3 is 27.8 Å². The molecule has 0 radical (unpaired) electrons. The van der Waals surface area contributed by atoms with Crippen molar-refractivity contribution in [2.75, 3.05) is 13.7 Å². The number of methoxy groups -OCH3 is 1. The number of hydrogen-bond acceptors (Lipinski definition) is 6. The molecule has 0 saturated carbocycles. The summed E-state index contributed by atoms with van der Waals surface area (Å²) in [5.74, 6) is 0.666. The Labute approximate surface area is 263 Å². The van der Waals surface area contributed by atoms with Crippen LogP contribution >= 0.6 is 0 Å². The minimum Gasteiger partial charge on any atom is -0.497 e. The molecule has 2 aromatic rings. The van der Waals surface area contributed by atoms with Crippen molar-refractivity contribution in [2.45, 2.75) is 124 Å². The Morgan fingerprint density at radius 1 is 0.814 bits per heavy atom. The van der Waals surface area contributed by atoms with E-state index in [4.69, 9.17) is 27.8 Å². The summed E-state index contributed by atoms with van der Waals surface area (Å²) in [6, 6.07) is 18.5. The minimum absolute atomic E-state index is 0.00361. The van der Waals surface area contributed by atoms with Gasteiger partial charge in [-0.1, -0.05) is 97.9 Å². The summed E-state index contributed by atoms with van der Waals surface area (Å²) in [7, 11) is -0.931. The van der Waals surface area contributed by atoms with E-state index in [-0.39, 0.29) is 36.1 Å². The number of hydrogen-bond donors (Lipinski definition) is 0. The topological polar surface area (TPSA) is 55.4 Å². The molecule has 6 nitrogen and oxygen atoms in total. The number of ether oxygens (including phenoxy) is 4. The van der Waals surface area contributed by atoms with E-state index in [2.05, 4.69) is 79.7 Å². The third kappa shape index (κ3) is 9.38. The van der Waals surface area contributed by atoms with E-state index in [0.29, 0.717) is 30.9 Å². The smallest absolute Gasteiger partial charge is 0.343 e. The van der Waals surface area contributed by atoms with Crippen molar-refractivity contribution >= 4 is 8.56 Å². The second-order valence-corrected chi connectivity index (χ2v) is 17.8. The van der Waals surface area contributed by atoms with Gasteiger partial charge in [0.15, 0.2) is 5.79 Å². The first-order valence-electron chi connectivity index (χ1n) is 16.3. The van der Waals surface area contributed by atoms with E-state index in [9.17, 15) is 0 Å². The molecule has 1 unspecified atom stereocenters. The summed E-state index contributed by atoms with van der Waals surface area (Å²) < 4.78 is 38.8. The van der Waals surface area contributed by atoms with Crippen LogP contribution in [0.5, 0.6) is 5.75 Å². The Hall–Kier alpha value is -1.74. The number of rotatable bonds is 16. The molecule has 1 saturated heterocycles. The van der Waals surface area contributed by atoms with Crippen LogP contribution < -0.4 is 4.74 Å². The highest BCUT2D eigenvalue weighted by atomic mass is 28.4. The summed E-state index contributed by atoms with van der Waals surface area (Å²) in [6.45, 7) is 23.8. The number of benzene rings is 2. The molecule has 0 aromatic heterocycles. The lowest BCUT2D eigenvalue weighted by molar-refractivity contribution is -0.339. The van der Waals surface area contributed by atoms with Gasteiger partial charge in [-0.3, -0.25) is 0 Å². The maximum atomic E-state index is 7.25. The summed E-state index contributed by atoms with van der Waals surface area (Å²) in [5, 5.41) is 0. The average Bonchev–Trinajstić information content (AvgIpc) is 2.98. The average molecular weight is 615 g/mol. The summed E-state index contributed by atoms with van der Waals surface area (Å²) in [6.07, 6.45) is 0.873. The fraction of sp³-hybridized carbons (Fsp3) is 0.667. The Morgan fingerprint density at radius 2 is 1.40 bits per heavy atom. The van der Waals surface area contributed by atoms with E-state index in [1.54, 1.807) is 7.11 Å². The van der Waals surface area contributed by atoms with Crippen LogP contribution in [0.3, 0.4) is 0 Å². The van der Waals surface area contributed by atoms with Crippen LogP contribution in [0.2, 0.25) is 11.1 Å². The molecule has 1 aliphatic heterocycles. The van der Waals surface area contributed by atoms with Crippen molar-refractivity contribution in [3.63, 3.8) is 0 Å². The quantitative estimate of drug-likeness (QED) is 0.176. The highest BCUT2D eigenvalue weighted by Crippen LogP contribution is 2.42. The molecule has 3 rings (SSSR count). The largest absolute Gasteiger partial charge is 0.497 e. The van der Waals surface area contributed by atoms with Gasteiger partial charge in [-0.05, 0) is 54.6 Å². The van der Waals surface area contributed by atoms with Crippen LogP contribution in [0.1, 0.15) is 86.8 Å². The molecule has 1 heterocycles. The monoisotopic (exact) mass is 614 g/mol. The molecule has 1 aliphatic rings. The first kappa shape index (κ1) is 35.7. The van der Waals surface area contributed by atoms with Crippen molar-refractivity contribution < 1.29 is 27.8 Å². The molecule has 43 heavy (non-hydrogen) atoms. The first-order chi connectivity index (χ1) is 20.3. The third-order valence-electron chi connectivity index (χ3n) is 9.00. The van der Waals surface area contributed by atoms with Crippen molar-refractivity contribution in [3.8, 4) is 5.75 Å². The Kier molecular flexibility index (Phi) is 13.3. The van der Waals surface area contributed by atoms with E-state index < -0.39 is 14.3 Å². The first-order valence-corrected chi connectivity index (χ1v) is 18.2. The Morgan fingerprint density at radius 3 is 1.95 bits per heavy atom.